The standard InChI is InChI=1S/C14H26N4O4/c1-9(2)21-14(19)18-7-5-11(6-8-18)22-13(17-16)10(3)12(15)20-4/h9,11,15,17H,5-8,16H2,1-4H3/b13-10+,15-12?. The van der Waals surface area contributed by atoms with E-state index in [-0.39, 0.29) is 24.2 Å². The molecule has 0 aliphatic carbocycles. The van der Waals surface area contributed by atoms with Crippen molar-refractivity contribution >= 4 is 12.0 Å². The van der Waals surface area contributed by atoms with Crippen LogP contribution in [0.15, 0.2) is 11.5 Å². The molecule has 0 aromatic rings. The number of nitrogens with two attached hydrogens (primary N) is 1. The third-order valence-electron chi connectivity index (χ3n) is 3.34. The summed E-state index contributed by atoms with van der Waals surface area (Å²) in [6.07, 6.45) is 0.852. The number of nitrogens with one attached hydrogen (secondary N) is 2. The summed E-state index contributed by atoms with van der Waals surface area (Å²) < 4.78 is 15.8. The maximum Gasteiger partial charge on any atom is 0.410 e. The maximum absolute atomic E-state index is 11.8. The van der Waals surface area contributed by atoms with E-state index in [0.29, 0.717) is 37.4 Å². The summed E-state index contributed by atoms with van der Waals surface area (Å²) in [6, 6.07) is 0. The lowest BCUT2D eigenvalue weighted by molar-refractivity contribution is 0.0260. The van der Waals surface area contributed by atoms with E-state index in [1.807, 2.05) is 13.8 Å². The van der Waals surface area contributed by atoms with Gasteiger partial charge in [-0.25, -0.2) is 10.6 Å². The minimum Gasteiger partial charge on any atom is -0.481 e. The molecule has 1 rings (SSSR count). The molecule has 0 aromatic heterocycles. The average Bonchev–Trinajstić information content (AvgIpc) is 2.51. The number of ether oxygens (including phenoxy) is 3. The van der Waals surface area contributed by atoms with E-state index in [4.69, 9.17) is 25.5 Å². The molecule has 0 bridgehead atoms. The van der Waals surface area contributed by atoms with Gasteiger partial charge < -0.3 is 19.1 Å². The first-order valence-corrected chi connectivity index (χ1v) is 7.31. The van der Waals surface area contributed by atoms with Crippen LogP contribution in [0.5, 0.6) is 0 Å². The number of hydrogen-bond acceptors (Lipinski definition) is 7. The molecule has 0 radical (unpaired) electrons. The number of methoxy groups -OCH3 is 1. The fourth-order valence-electron chi connectivity index (χ4n) is 2.09. The molecule has 1 heterocycles. The van der Waals surface area contributed by atoms with Crippen LogP contribution >= 0.6 is 0 Å². The van der Waals surface area contributed by atoms with Crippen molar-refractivity contribution in [2.75, 3.05) is 20.2 Å². The van der Waals surface area contributed by atoms with E-state index >= 15 is 0 Å². The molecule has 1 aliphatic heterocycles. The number of rotatable bonds is 5. The lowest BCUT2D eigenvalue weighted by Gasteiger charge is -2.32. The second-order valence-corrected chi connectivity index (χ2v) is 5.37. The number of amides is 1. The highest BCUT2D eigenvalue weighted by molar-refractivity contribution is 5.90. The summed E-state index contributed by atoms with van der Waals surface area (Å²) in [6.45, 7) is 6.47. The lowest BCUT2D eigenvalue weighted by atomic mass is 10.1. The van der Waals surface area contributed by atoms with Crippen molar-refractivity contribution in [3.05, 3.63) is 11.5 Å². The molecular weight excluding hydrogens is 288 g/mol. The number of piperidine rings is 1. The summed E-state index contributed by atoms with van der Waals surface area (Å²) in [5.41, 5.74) is 2.95. The first kappa shape index (κ1) is 18.1. The molecule has 22 heavy (non-hydrogen) atoms. The van der Waals surface area contributed by atoms with Crippen molar-refractivity contribution in [2.24, 2.45) is 5.84 Å². The van der Waals surface area contributed by atoms with Gasteiger partial charge in [-0.1, -0.05) is 0 Å². The van der Waals surface area contributed by atoms with Gasteiger partial charge in [0.1, 0.15) is 6.10 Å². The average molecular weight is 314 g/mol. The Morgan fingerprint density at radius 1 is 1.36 bits per heavy atom. The van der Waals surface area contributed by atoms with Crippen LogP contribution in [0.3, 0.4) is 0 Å². The fourth-order valence-corrected chi connectivity index (χ4v) is 2.09. The summed E-state index contributed by atoms with van der Waals surface area (Å²) in [4.78, 5) is 13.5. The van der Waals surface area contributed by atoms with Crippen molar-refractivity contribution in [3.8, 4) is 0 Å². The molecule has 0 saturated carbocycles. The quantitative estimate of drug-likeness (QED) is 0.232. The Bertz CT molecular complexity index is 429. The van der Waals surface area contributed by atoms with E-state index in [2.05, 4.69) is 5.43 Å². The molecule has 8 heteroatoms. The van der Waals surface area contributed by atoms with Gasteiger partial charge >= 0.3 is 6.09 Å². The molecule has 1 fully saturated rings. The van der Waals surface area contributed by atoms with Crippen molar-refractivity contribution in [3.63, 3.8) is 0 Å². The first-order valence-electron chi connectivity index (χ1n) is 7.31. The number of carbonyl (C=O) groups excluding carboxylic acids is 1. The van der Waals surface area contributed by atoms with Gasteiger partial charge in [-0.3, -0.25) is 10.8 Å². The lowest BCUT2D eigenvalue weighted by Crippen LogP contribution is -2.42. The zero-order chi connectivity index (χ0) is 16.7. The predicted octanol–water partition coefficient (Wildman–Crippen LogP) is 1.33. The number of likely N-dealkylation sites (tertiary alicyclic amines) is 1. The summed E-state index contributed by atoms with van der Waals surface area (Å²) >= 11 is 0. The normalized spacial score (nSPS) is 16.9. The molecular formula is C14H26N4O4. The summed E-state index contributed by atoms with van der Waals surface area (Å²) in [5.74, 6) is 5.75. The SMILES string of the molecule is COC(=N)/C(C)=C(\NN)OC1CCN(C(=O)OC(C)C)CC1. The second-order valence-electron chi connectivity index (χ2n) is 5.37. The van der Waals surface area contributed by atoms with Gasteiger partial charge in [0.05, 0.1) is 18.8 Å². The topological polar surface area (TPSA) is 110 Å². The largest absolute Gasteiger partial charge is 0.481 e. The van der Waals surface area contributed by atoms with Crippen LogP contribution in [-0.4, -0.2) is 49.3 Å². The van der Waals surface area contributed by atoms with Crippen LogP contribution < -0.4 is 11.3 Å². The van der Waals surface area contributed by atoms with E-state index in [9.17, 15) is 4.79 Å². The molecule has 0 unspecified atom stereocenters. The first-order chi connectivity index (χ1) is 10.4. The Balaban J connectivity index is 2.54. The molecule has 4 N–H and O–H groups in total. The van der Waals surface area contributed by atoms with Gasteiger partial charge in [0, 0.05) is 25.9 Å². The number of hydrogen-bond donors (Lipinski definition) is 3. The van der Waals surface area contributed by atoms with Gasteiger partial charge in [-0.2, -0.15) is 0 Å². The van der Waals surface area contributed by atoms with Gasteiger partial charge in [0.2, 0.25) is 11.8 Å². The third kappa shape index (κ3) is 5.10. The van der Waals surface area contributed by atoms with Crippen molar-refractivity contribution in [1.82, 2.24) is 10.3 Å². The smallest absolute Gasteiger partial charge is 0.410 e. The predicted molar refractivity (Wildman–Crippen MR) is 82.1 cm³/mol. The van der Waals surface area contributed by atoms with Crippen molar-refractivity contribution < 1.29 is 19.0 Å². The Morgan fingerprint density at radius 3 is 2.41 bits per heavy atom. The van der Waals surface area contributed by atoms with Gasteiger partial charge in [-0.15, -0.1) is 0 Å². The molecule has 0 aromatic carbocycles. The maximum atomic E-state index is 11.8. The monoisotopic (exact) mass is 314 g/mol. The molecule has 0 atom stereocenters. The molecule has 8 nitrogen and oxygen atoms in total. The van der Waals surface area contributed by atoms with Crippen LogP contribution in [0, 0.1) is 5.41 Å². The van der Waals surface area contributed by atoms with Gasteiger partial charge in [-0.05, 0) is 20.8 Å². The fraction of sp³-hybridized carbons (Fsp3) is 0.714. The van der Waals surface area contributed by atoms with Crippen LogP contribution in [0.1, 0.15) is 33.6 Å². The number of carbonyl (C=O) groups is 1. The third-order valence-corrected chi connectivity index (χ3v) is 3.34. The molecule has 1 saturated heterocycles. The second kappa shape index (κ2) is 8.47. The Labute approximate surface area is 131 Å². The van der Waals surface area contributed by atoms with Crippen LogP contribution in [0.4, 0.5) is 4.79 Å². The Kier molecular flexibility index (Phi) is 6.97. The number of hydrazine groups is 1. The van der Waals surface area contributed by atoms with E-state index in [0.717, 1.165) is 0 Å². The van der Waals surface area contributed by atoms with E-state index in [1.54, 1.807) is 11.8 Å². The Hall–Kier alpha value is -1.96. The van der Waals surface area contributed by atoms with Crippen LogP contribution in [0.2, 0.25) is 0 Å². The molecule has 0 spiro atoms. The zero-order valence-electron chi connectivity index (χ0n) is 13.6. The summed E-state index contributed by atoms with van der Waals surface area (Å²) in [5, 5.41) is 7.62. The molecule has 1 amide bonds. The minimum atomic E-state index is -0.293. The number of nitrogens with zero attached hydrogens (tertiary/aromatic N) is 1. The Morgan fingerprint density at radius 2 is 1.95 bits per heavy atom. The van der Waals surface area contributed by atoms with Crippen LogP contribution in [0.25, 0.3) is 0 Å². The van der Waals surface area contributed by atoms with Gasteiger partial charge in [0.25, 0.3) is 0 Å². The highest BCUT2D eigenvalue weighted by Gasteiger charge is 2.26. The van der Waals surface area contributed by atoms with E-state index < -0.39 is 0 Å². The van der Waals surface area contributed by atoms with Crippen molar-refractivity contribution in [2.45, 2.75) is 45.8 Å². The zero-order valence-corrected chi connectivity index (χ0v) is 13.6. The van der Waals surface area contributed by atoms with Crippen LogP contribution in [-0.2, 0) is 14.2 Å². The highest BCUT2D eigenvalue weighted by Crippen LogP contribution is 2.18. The molecule has 1 aliphatic rings. The van der Waals surface area contributed by atoms with E-state index in [1.165, 1.54) is 7.11 Å². The van der Waals surface area contributed by atoms with Crippen molar-refractivity contribution in [1.29, 1.82) is 5.41 Å². The minimum absolute atomic E-state index is 0.00843. The van der Waals surface area contributed by atoms with Gasteiger partial charge in [0.15, 0.2) is 0 Å². The molecule has 126 valence electrons. The summed E-state index contributed by atoms with van der Waals surface area (Å²) in [7, 11) is 1.42. The highest BCUT2D eigenvalue weighted by atomic mass is 16.6.